The molecule has 2 N–H and O–H groups in total. The van der Waals surface area contributed by atoms with Crippen molar-refractivity contribution >= 4 is 28.7 Å². The number of nitrogens with two attached hydrogens (primary N) is 1. The molecule has 0 atom stereocenters. The number of aromatic nitrogens is 3. The molecular weight excluding hydrogens is 350 g/mol. The minimum atomic E-state index is 0.0746. The number of nitrogens with zero attached hydrogens (tertiary/aromatic N) is 4. The molecule has 1 aromatic carbocycles. The van der Waals surface area contributed by atoms with E-state index in [2.05, 4.69) is 14.5 Å². The maximum atomic E-state index is 12.5. The van der Waals surface area contributed by atoms with Gasteiger partial charge in [-0.25, -0.2) is 4.98 Å². The van der Waals surface area contributed by atoms with Crippen LogP contribution in [0.15, 0.2) is 48.8 Å². The van der Waals surface area contributed by atoms with E-state index in [1.54, 1.807) is 6.08 Å². The van der Waals surface area contributed by atoms with Crippen molar-refractivity contribution in [1.82, 2.24) is 19.4 Å². The van der Waals surface area contributed by atoms with Crippen molar-refractivity contribution in [2.24, 2.45) is 5.92 Å². The Morgan fingerprint density at radius 2 is 1.96 bits per heavy atom. The van der Waals surface area contributed by atoms with E-state index in [1.807, 2.05) is 60.6 Å². The Bertz CT molecular complexity index is 997. The summed E-state index contributed by atoms with van der Waals surface area (Å²) in [6, 6.07) is 9.54. The quantitative estimate of drug-likeness (QED) is 0.561. The number of benzene rings is 1. The molecule has 6 heteroatoms. The van der Waals surface area contributed by atoms with Crippen LogP contribution in [0.5, 0.6) is 0 Å². The molecule has 0 aliphatic carbocycles. The Balaban J connectivity index is 1.34. The number of likely N-dealkylation sites (tertiary alicyclic amines) is 1. The average Bonchev–Trinajstić information content (AvgIpc) is 3.03. The van der Waals surface area contributed by atoms with Crippen LogP contribution in [-0.4, -0.2) is 38.4 Å². The number of rotatable bonds is 4. The number of hydrogen-bond donors (Lipinski definition) is 1. The number of fused-ring (bicyclic) bond motifs is 1. The number of amides is 1. The van der Waals surface area contributed by atoms with Gasteiger partial charge in [0, 0.05) is 37.6 Å². The summed E-state index contributed by atoms with van der Waals surface area (Å²) in [6.45, 7) is 4.57. The second kappa shape index (κ2) is 7.84. The number of nitrogen functional groups attached to an aromatic ring is 1. The van der Waals surface area contributed by atoms with Gasteiger partial charge in [0.05, 0.1) is 11.7 Å². The van der Waals surface area contributed by atoms with E-state index < -0.39 is 0 Å². The summed E-state index contributed by atoms with van der Waals surface area (Å²) in [4.78, 5) is 23.2. The first-order valence-electron chi connectivity index (χ1n) is 9.69. The van der Waals surface area contributed by atoms with Crippen molar-refractivity contribution in [1.29, 1.82) is 0 Å². The Labute approximate surface area is 164 Å². The van der Waals surface area contributed by atoms with E-state index in [0.717, 1.165) is 60.6 Å². The lowest BCUT2D eigenvalue weighted by molar-refractivity contribution is -0.127. The van der Waals surface area contributed by atoms with Crippen LogP contribution in [0, 0.1) is 12.8 Å². The SMILES string of the molecule is Cc1nc2cnccc2n1CC1CCN(C(=O)/C=C/c2ccc(N)cc2)CC1. The number of imidazole rings is 1. The summed E-state index contributed by atoms with van der Waals surface area (Å²) < 4.78 is 2.28. The largest absolute Gasteiger partial charge is 0.399 e. The number of anilines is 1. The predicted octanol–water partition coefficient (Wildman–Crippen LogP) is 3.27. The van der Waals surface area contributed by atoms with Crippen LogP contribution in [-0.2, 0) is 11.3 Å². The second-order valence-electron chi connectivity index (χ2n) is 7.40. The van der Waals surface area contributed by atoms with E-state index in [0.29, 0.717) is 5.92 Å². The van der Waals surface area contributed by atoms with Crippen molar-refractivity contribution < 1.29 is 4.79 Å². The normalized spacial score (nSPS) is 15.5. The Kier molecular flexibility index (Phi) is 5.10. The Morgan fingerprint density at radius 3 is 2.71 bits per heavy atom. The van der Waals surface area contributed by atoms with E-state index in [-0.39, 0.29) is 5.91 Å². The molecule has 1 saturated heterocycles. The summed E-state index contributed by atoms with van der Waals surface area (Å²) in [5.41, 5.74) is 9.48. The molecule has 3 heterocycles. The van der Waals surface area contributed by atoms with Crippen LogP contribution in [0.4, 0.5) is 5.69 Å². The van der Waals surface area contributed by atoms with Crippen LogP contribution in [0.25, 0.3) is 17.1 Å². The fraction of sp³-hybridized carbons (Fsp3) is 0.318. The van der Waals surface area contributed by atoms with Crippen molar-refractivity contribution in [3.8, 4) is 0 Å². The maximum absolute atomic E-state index is 12.5. The third-order valence-corrected chi connectivity index (χ3v) is 5.46. The van der Waals surface area contributed by atoms with Gasteiger partial charge in [0.15, 0.2) is 0 Å². The standard InChI is InChI=1S/C22H25N5O/c1-16-25-20-14-24-11-8-21(20)27(16)15-18-9-12-26(13-10-18)22(28)7-4-17-2-5-19(23)6-3-17/h2-8,11,14,18H,9-10,12-13,15,23H2,1H3/b7-4+. The minimum absolute atomic E-state index is 0.0746. The van der Waals surface area contributed by atoms with Gasteiger partial charge in [-0.2, -0.15) is 0 Å². The predicted molar refractivity (Wildman–Crippen MR) is 111 cm³/mol. The molecule has 3 aromatic rings. The first-order chi connectivity index (χ1) is 13.6. The molecule has 0 bridgehead atoms. The molecule has 1 amide bonds. The molecule has 2 aromatic heterocycles. The van der Waals surface area contributed by atoms with Crippen molar-refractivity contribution in [3.63, 3.8) is 0 Å². The van der Waals surface area contributed by atoms with Crippen molar-refractivity contribution in [3.05, 3.63) is 60.2 Å². The highest BCUT2D eigenvalue weighted by molar-refractivity contribution is 5.91. The molecule has 0 unspecified atom stereocenters. The Morgan fingerprint density at radius 1 is 1.21 bits per heavy atom. The highest BCUT2D eigenvalue weighted by Gasteiger charge is 2.23. The van der Waals surface area contributed by atoms with Gasteiger partial charge in [-0.3, -0.25) is 9.78 Å². The van der Waals surface area contributed by atoms with Gasteiger partial charge in [0.25, 0.3) is 0 Å². The molecule has 6 nitrogen and oxygen atoms in total. The summed E-state index contributed by atoms with van der Waals surface area (Å²) in [6.07, 6.45) is 9.15. The highest BCUT2D eigenvalue weighted by Crippen LogP contribution is 2.23. The number of carbonyl (C=O) groups excluding carboxylic acids is 1. The summed E-state index contributed by atoms with van der Waals surface area (Å²) in [5, 5.41) is 0. The van der Waals surface area contributed by atoms with Gasteiger partial charge < -0.3 is 15.2 Å². The second-order valence-corrected chi connectivity index (χ2v) is 7.40. The van der Waals surface area contributed by atoms with Gasteiger partial charge in [0.2, 0.25) is 5.91 Å². The summed E-state index contributed by atoms with van der Waals surface area (Å²) >= 11 is 0. The topological polar surface area (TPSA) is 77.0 Å². The zero-order valence-electron chi connectivity index (χ0n) is 16.1. The number of piperidine rings is 1. The fourth-order valence-corrected chi connectivity index (χ4v) is 3.81. The lowest BCUT2D eigenvalue weighted by Crippen LogP contribution is -2.38. The number of aryl methyl sites for hydroxylation is 1. The van der Waals surface area contributed by atoms with Crippen LogP contribution >= 0.6 is 0 Å². The zero-order valence-corrected chi connectivity index (χ0v) is 16.1. The third-order valence-electron chi connectivity index (χ3n) is 5.46. The zero-order chi connectivity index (χ0) is 19.5. The summed E-state index contributed by atoms with van der Waals surface area (Å²) in [5.74, 6) is 1.65. The molecule has 144 valence electrons. The molecule has 0 spiro atoms. The first kappa shape index (κ1) is 18.2. The van der Waals surface area contributed by atoms with Gasteiger partial charge in [-0.15, -0.1) is 0 Å². The molecule has 0 saturated carbocycles. The smallest absolute Gasteiger partial charge is 0.246 e. The van der Waals surface area contributed by atoms with E-state index in [4.69, 9.17) is 5.73 Å². The van der Waals surface area contributed by atoms with Gasteiger partial charge in [-0.1, -0.05) is 12.1 Å². The van der Waals surface area contributed by atoms with Gasteiger partial charge >= 0.3 is 0 Å². The van der Waals surface area contributed by atoms with Crippen LogP contribution in [0.2, 0.25) is 0 Å². The van der Waals surface area contributed by atoms with Crippen LogP contribution in [0.3, 0.4) is 0 Å². The van der Waals surface area contributed by atoms with Gasteiger partial charge in [0.1, 0.15) is 11.3 Å². The minimum Gasteiger partial charge on any atom is -0.399 e. The third kappa shape index (κ3) is 3.91. The lowest BCUT2D eigenvalue weighted by Gasteiger charge is -2.31. The van der Waals surface area contributed by atoms with E-state index in [9.17, 15) is 4.79 Å². The van der Waals surface area contributed by atoms with Crippen LogP contribution < -0.4 is 5.73 Å². The molecule has 1 aliphatic heterocycles. The molecule has 4 rings (SSSR count). The highest BCUT2D eigenvalue weighted by atomic mass is 16.2. The van der Waals surface area contributed by atoms with E-state index >= 15 is 0 Å². The summed E-state index contributed by atoms with van der Waals surface area (Å²) in [7, 11) is 0. The van der Waals surface area contributed by atoms with Crippen molar-refractivity contribution in [2.75, 3.05) is 18.8 Å². The van der Waals surface area contributed by atoms with Crippen LogP contribution in [0.1, 0.15) is 24.2 Å². The van der Waals surface area contributed by atoms with Crippen molar-refractivity contribution in [2.45, 2.75) is 26.3 Å². The van der Waals surface area contributed by atoms with E-state index in [1.165, 1.54) is 0 Å². The fourth-order valence-electron chi connectivity index (χ4n) is 3.81. The first-order valence-corrected chi connectivity index (χ1v) is 9.69. The molecular formula is C22H25N5O. The lowest BCUT2D eigenvalue weighted by atomic mass is 9.96. The number of pyridine rings is 1. The van der Waals surface area contributed by atoms with Gasteiger partial charge in [-0.05, 0) is 55.5 Å². The average molecular weight is 375 g/mol. The molecule has 0 radical (unpaired) electrons. The molecule has 28 heavy (non-hydrogen) atoms. The number of hydrogen-bond acceptors (Lipinski definition) is 4. The maximum Gasteiger partial charge on any atom is 0.246 e. The molecule has 1 aliphatic rings. The molecule has 1 fully saturated rings. The monoisotopic (exact) mass is 375 g/mol. The Hall–Kier alpha value is -3.15. The number of carbonyl (C=O) groups is 1.